The molecular weight excluding hydrogens is 270 g/mol. The van der Waals surface area contributed by atoms with E-state index < -0.39 is 17.3 Å². The molecule has 1 aromatic heterocycles. The predicted molar refractivity (Wildman–Crippen MR) is 69.9 cm³/mol. The summed E-state index contributed by atoms with van der Waals surface area (Å²) in [5.74, 6) is -1.11. The molecule has 7 heteroatoms. The Kier molecular flexibility index (Phi) is 3.52. The van der Waals surface area contributed by atoms with Crippen molar-refractivity contribution in [2.75, 3.05) is 0 Å². The van der Waals surface area contributed by atoms with Crippen LogP contribution in [0.15, 0.2) is 29.1 Å². The third kappa shape index (κ3) is 2.92. The monoisotopic (exact) mass is 279 g/mol. The van der Waals surface area contributed by atoms with Gasteiger partial charge in [0.1, 0.15) is 11.4 Å². The van der Waals surface area contributed by atoms with Gasteiger partial charge in [0.2, 0.25) is 11.8 Å². The topological polar surface area (TPSA) is 109 Å². The van der Waals surface area contributed by atoms with Gasteiger partial charge < -0.3 is 15.8 Å². The van der Waals surface area contributed by atoms with Crippen LogP contribution in [0.25, 0.3) is 11.1 Å². The molecule has 0 aliphatic heterocycles. The Bertz CT molecular complexity index is 697. The van der Waals surface area contributed by atoms with Crippen molar-refractivity contribution in [1.29, 1.82) is 0 Å². The third-order valence-electron chi connectivity index (χ3n) is 2.40. The molecule has 6 nitrogen and oxygen atoms in total. The van der Waals surface area contributed by atoms with E-state index in [4.69, 9.17) is 17.3 Å². The van der Waals surface area contributed by atoms with Crippen LogP contribution in [0, 0.1) is 0 Å². The molecule has 0 bridgehead atoms. The van der Waals surface area contributed by atoms with E-state index in [1.54, 1.807) is 18.2 Å². The number of carbonyl (C=O) groups excluding carboxylic acids is 1. The van der Waals surface area contributed by atoms with Gasteiger partial charge in [0.05, 0.1) is 6.42 Å². The van der Waals surface area contributed by atoms with E-state index >= 15 is 0 Å². The summed E-state index contributed by atoms with van der Waals surface area (Å²) in [5, 5.41) is 10.2. The molecule has 4 N–H and O–H groups in total. The second-order valence-corrected chi connectivity index (χ2v) is 4.30. The number of rotatable bonds is 3. The molecule has 0 aliphatic rings. The Morgan fingerprint density at radius 3 is 2.79 bits per heavy atom. The maximum absolute atomic E-state index is 11.9. The SMILES string of the molecule is NC(=O)Cc1nc(O)c(-c2cccc(Cl)c2)c(=O)[nH]1. The molecule has 19 heavy (non-hydrogen) atoms. The summed E-state index contributed by atoms with van der Waals surface area (Å²) in [6, 6.07) is 6.44. The second-order valence-electron chi connectivity index (χ2n) is 3.86. The van der Waals surface area contributed by atoms with E-state index in [9.17, 15) is 14.7 Å². The van der Waals surface area contributed by atoms with Crippen LogP contribution in [-0.4, -0.2) is 21.0 Å². The first kappa shape index (κ1) is 13.1. The Balaban J connectivity index is 2.54. The number of nitrogens with one attached hydrogen (secondary N) is 1. The van der Waals surface area contributed by atoms with Crippen LogP contribution >= 0.6 is 11.6 Å². The Labute approximate surface area is 112 Å². The molecule has 0 atom stereocenters. The number of aromatic nitrogens is 2. The van der Waals surface area contributed by atoms with Gasteiger partial charge in [-0.25, -0.2) is 0 Å². The lowest BCUT2D eigenvalue weighted by Crippen LogP contribution is -2.20. The molecule has 2 aromatic rings. The number of nitrogens with zero attached hydrogens (tertiary/aromatic N) is 1. The van der Waals surface area contributed by atoms with Gasteiger partial charge in [-0.1, -0.05) is 23.7 Å². The summed E-state index contributed by atoms with van der Waals surface area (Å²) >= 11 is 5.82. The third-order valence-corrected chi connectivity index (χ3v) is 2.64. The standard InChI is InChI=1S/C12H10ClN3O3/c13-7-3-1-2-6(4-7)10-11(18)15-9(5-8(14)17)16-12(10)19/h1-4H,5H2,(H2,14,17)(H2,15,16,18,19). The highest BCUT2D eigenvalue weighted by molar-refractivity contribution is 6.30. The van der Waals surface area contributed by atoms with Gasteiger partial charge in [0.25, 0.3) is 5.56 Å². The van der Waals surface area contributed by atoms with Crippen LogP contribution in [0.3, 0.4) is 0 Å². The lowest BCUT2D eigenvalue weighted by atomic mass is 10.1. The fourth-order valence-electron chi connectivity index (χ4n) is 1.66. The van der Waals surface area contributed by atoms with Crippen LogP contribution in [0.1, 0.15) is 5.82 Å². The van der Waals surface area contributed by atoms with Crippen molar-refractivity contribution in [3.63, 3.8) is 0 Å². The minimum Gasteiger partial charge on any atom is -0.493 e. The molecule has 0 saturated heterocycles. The van der Waals surface area contributed by atoms with Gasteiger partial charge in [-0.2, -0.15) is 4.98 Å². The molecule has 0 unspecified atom stereocenters. The van der Waals surface area contributed by atoms with Crippen molar-refractivity contribution in [1.82, 2.24) is 9.97 Å². The fourth-order valence-corrected chi connectivity index (χ4v) is 1.85. The summed E-state index contributed by atoms with van der Waals surface area (Å²) in [6.07, 6.45) is -0.251. The van der Waals surface area contributed by atoms with Gasteiger partial charge in [-0.3, -0.25) is 9.59 Å². The second kappa shape index (κ2) is 5.11. The van der Waals surface area contributed by atoms with Crippen molar-refractivity contribution < 1.29 is 9.90 Å². The van der Waals surface area contributed by atoms with Crippen LogP contribution in [0.2, 0.25) is 5.02 Å². The maximum Gasteiger partial charge on any atom is 0.262 e. The lowest BCUT2D eigenvalue weighted by molar-refractivity contribution is -0.117. The van der Waals surface area contributed by atoms with Crippen LogP contribution < -0.4 is 11.3 Å². The zero-order valence-electron chi connectivity index (χ0n) is 9.68. The molecule has 0 radical (unpaired) electrons. The zero-order valence-corrected chi connectivity index (χ0v) is 10.4. The summed E-state index contributed by atoms with van der Waals surface area (Å²) in [7, 11) is 0. The maximum atomic E-state index is 11.9. The highest BCUT2D eigenvalue weighted by atomic mass is 35.5. The molecule has 1 heterocycles. The molecule has 0 aliphatic carbocycles. The zero-order chi connectivity index (χ0) is 14.0. The van der Waals surface area contributed by atoms with Crippen molar-refractivity contribution in [2.45, 2.75) is 6.42 Å². The summed E-state index contributed by atoms with van der Waals surface area (Å²) in [4.78, 5) is 28.8. The van der Waals surface area contributed by atoms with E-state index in [-0.39, 0.29) is 17.8 Å². The first-order valence-corrected chi connectivity index (χ1v) is 5.71. The number of amides is 1. The number of carbonyl (C=O) groups is 1. The average Bonchev–Trinajstić information content (AvgIpc) is 2.26. The van der Waals surface area contributed by atoms with E-state index in [0.717, 1.165) is 0 Å². The van der Waals surface area contributed by atoms with E-state index in [1.807, 2.05) is 0 Å². The lowest BCUT2D eigenvalue weighted by Gasteiger charge is -2.05. The molecule has 0 spiro atoms. The number of aromatic hydroxyl groups is 1. The molecular formula is C12H10ClN3O3. The van der Waals surface area contributed by atoms with Crippen molar-refractivity contribution >= 4 is 17.5 Å². The van der Waals surface area contributed by atoms with Crippen molar-refractivity contribution in [3.8, 4) is 17.0 Å². The molecule has 1 amide bonds. The highest BCUT2D eigenvalue weighted by Gasteiger charge is 2.14. The number of hydrogen-bond donors (Lipinski definition) is 3. The van der Waals surface area contributed by atoms with Gasteiger partial charge in [-0.15, -0.1) is 0 Å². The molecule has 1 aromatic carbocycles. The van der Waals surface area contributed by atoms with Crippen molar-refractivity contribution in [2.24, 2.45) is 5.73 Å². The Morgan fingerprint density at radius 2 is 2.21 bits per heavy atom. The normalized spacial score (nSPS) is 10.4. The first-order chi connectivity index (χ1) is 8.97. The largest absolute Gasteiger partial charge is 0.493 e. The molecule has 0 saturated carbocycles. The Hall–Kier alpha value is -2.34. The van der Waals surface area contributed by atoms with Gasteiger partial charge in [-0.05, 0) is 17.7 Å². The minimum atomic E-state index is -0.655. The molecule has 0 fully saturated rings. The number of benzene rings is 1. The minimum absolute atomic E-state index is 0.00396. The average molecular weight is 280 g/mol. The number of H-pyrrole nitrogens is 1. The smallest absolute Gasteiger partial charge is 0.262 e. The summed E-state index contributed by atoms with van der Waals surface area (Å²) in [6.45, 7) is 0. The van der Waals surface area contributed by atoms with Crippen LogP contribution in [0.5, 0.6) is 5.88 Å². The van der Waals surface area contributed by atoms with Gasteiger partial charge in [0, 0.05) is 5.02 Å². The van der Waals surface area contributed by atoms with E-state index in [1.165, 1.54) is 6.07 Å². The summed E-state index contributed by atoms with van der Waals surface area (Å²) in [5.41, 5.74) is 4.86. The van der Waals surface area contributed by atoms with Crippen LogP contribution in [-0.2, 0) is 11.2 Å². The van der Waals surface area contributed by atoms with Crippen LogP contribution in [0.4, 0.5) is 0 Å². The van der Waals surface area contributed by atoms with Gasteiger partial charge in [0.15, 0.2) is 0 Å². The number of aromatic amines is 1. The quantitative estimate of drug-likeness (QED) is 0.773. The van der Waals surface area contributed by atoms with E-state index in [2.05, 4.69) is 9.97 Å². The first-order valence-electron chi connectivity index (χ1n) is 5.34. The van der Waals surface area contributed by atoms with Crippen molar-refractivity contribution in [3.05, 3.63) is 45.5 Å². The number of primary amides is 1. The van der Waals surface area contributed by atoms with E-state index in [0.29, 0.717) is 10.6 Å². The summed E-state index contributed by atoms with van der Waals surface area (Å²) < 4.78 is 0. The molecule has 98 valence electrons. The fraction of sp³-hybridized carbons (Fsp3) is 0.0833. The predicted octanol–water partition coefficient (Wildman–Crippen LogP) is 0.824. The number of halogens is 1. The Morgan fingerprint density at radius 1 is 1.47 bits per heavy atom. The number of hydrogen-bond acceptors (Lipinski definition) is 4. The number of nitrogens with two attached hydrogens (primary N) is 1. The highest BCUT2D eigenvalue weighted by Crippen LogP contribution is 2.25. The molecule has 2 rings (SSSR count). The van der Waals surface area contributed by atoms with Gasteiger partial charge >= 0.3 is 0 Å².